The quantitative estimate of drug-likeness (QED) is 0.724. The highest BCUT2D eigenvalue weighted by Crippen LogP contribution is 2.28. The van der Waals surface area contributed by atoms with Crippen LogP contribution in [-0.2, 0) is 6.54 Å². The molecular weight excluding hydrogens is 253 g/mol. The highest BCUT2D eigenvalue weighted by molar-refractivity contribution is 7.99. The summed E-state index contributed by atoms with van der Waals surface area (Å²) in [5, 5.41) is 0.312. The average molecular weight is 265 g/mol. The predicted octanol–water partition coefficient (Wildman–Crippen LogP) is 1.39. The molecule has 0 fully saturated rings. The van der Waals surface area contributed by atoms with E-state index in [1.54, 1.807) is 12.1 Å². The van der Waals surface area contributed by atoms with E-state index in [0.717, 1.165) is 17.3 Å². The van der Waals surface area contributed by atoms with E-state index in [0.29, 0.717) is 16.6 Å². The smallest absolute Gasteiger partial charge is 0.196 e. The van der Waals surface area contributed by atoms with Gasteiger partial charge < -0.3 is 17.2 Å². The van der Waals surface area contributed by atoms with Crippen molar-refractivity contribution in [3.05, 3.63) is 35.6 Å². The Hall–Kier alpha value is -1.86. The van der Waals surface area contributed by atoms with Gasteiger partial charge in [0.25, 0.3) is 0 Å². The molecule has 18 heavy (non-hydrogen) atoms. The molecule has 0 aliphatic carbocycles. The van der Waals surface area contributed by atoms with Crippen molar-refractivity contribution < 1.29 is 4.39 Å². The first-order valence-electron chi connectivity index (χ1n) is 5.15. The topological polar surface area (TPSA) is 104 Å². The van der Waals surface area contributed by atoms with E-state index >= 15 is 0 Å². The molecule has 0 aliphatic heterocycles. The normalized spacial score (nSPS) is 10.6. The molecule has 0 unspecified atom stereocenters. The lowest BCUT2D eigenvalue weighted by Crippen LogP contribution is -2.00. The summed E-state index contributed by atoms with van der Waals surface area (Å²) in [4.78, 5) is 8.34. The molecule has 0 bridgehead atoms. The Morgan fingerprint density at radius 2 is 1.78 bits per heavy atom. The van der Waals surface area contributed by atoms with E-state index in [-0.39, 0.29) is 17.5 Å². The first-order chi connectivity index (χ1) is 8.58. The number of nitrogens with zero attached hydrogens (tertiary/aromatic N) is 2. The molecular formula is C11H12FN5S. The van der Waals surface area contributed by atoms with Crippen LogP contribution in [0.5, 0.6) is 0 Å². The minimum Gasteiger partial charge on any atom is -0.383 e. The fourth-order valence-corrected chi connectivity index (χ4v) is 2.15. The van der Waals surface area contributed by atoms with Crippen LogP contribution >= 0.6 is 11.8 Å². The van der Waals surface area contributed by atoms with Crippen LogP contribution in [0.3, 0.4) is 0 Å². The van der Waals surface area contributed by atoms with Crippen LogP contribution in [-0.4, -0.2) is 9.97 Å². The summed E-state index contributed by atoms with van der Waals surface area (Å²) in [5.74, 6) is 0.139. The highest BCUT2D eigenvalue weighted by atomic mass is 32.2. The van der Waals surface area contributed by atoms with Gasteiger partial charge in [0.1, 0.15) is 17.5 Å². The van der Waals surface area contributed by atoms with E-state index in [4.69, 9.17) is 17.2 Å². The lowest BCUT2D eigenvalue weighted by atomic mass is 10.2. The molecule has 0 radical (unpaired) electrons. The lowest BCUT2D eigenvalue weighted by Gasteiger charge is -2.05. The van der Waals surface area contributed by atoms with Crippen molar-refractivity contribution in [1.29, 1.82) is 0 Å². The standard InChI is InChI=1S/C11H12FN5S/c12-7-3-6(5-13)1-2-8(7)18-11-16-9(14)4-10(15)17-11/h1-4H,5,13H2,(H4,14,15,16,17). The zero-order valence-corrected chi connectivity index (χ0v) is 10.2. The Labute approximate surface area is 108 Å². The minimum absolute atomic E-state index is 0.254. The van der Waals surface area contributed by atoms with E-state index in [9.17, 15) is 4.39 Å². The summed E-state index contributed by atoms with van der Waals surface area (Å²) < 4.78 is 13.7. The van der Waals surface area contributed by atoms with Crippen molar-refractivity contribution in [2.24, 2.45) is 5.73 Å². The molecule has 0 atom stereocenters. The molecule has 0 saturated carbocycles. The predicted molar refractivity (Wildman–Crippen MR) is 69.3 cm³/mol. The number of anilines is 2. The second kappa shape index (κ2) is 5.19. The largest absolute Gasteiger partial charge is 0.383 e. The molecule has 7 heteroatoms. The summed E-state index contributed by atoms with van der Waals surface area (Å²) in [6, 6.07) is 6.21. The summed E-state index contributed by atoms with van der Waals surface area (Å²) in [6.45, 7) is 0.295. The third-order valence-electron chi connectivity index (χ3n) is 2.18. The molecule has 0 amide bonds. The number of hydrogen-bond acceptors (Lipinski definition) is 6. The molecule has 1 aromatic carbocycles. The summed E-state index contributed by atoms with van der Waals surface area (Å²) in [5.41, 5.74) is 17.2. The average Bonchev–Trinajstić information content (AvgIpc) is 2.30. The first-order valence-corrected chi connectivity index (χ1v) is 5.96. The van der Waals surface area contributed by atoms with Crippen molar-refractivity contribution >= 4 is 23.4 Å². The summed E-state index contributed by atoms with van der Waals surface area (Å²) in [7, 11) is 0. The number of aromatic nitrogens is 2. The first kappa shape index (κ1) is 12.6. The van der Waals surface area contributed by atoms with Gasteiger partial charge in [-0.25, -0.2) is 14.4 Å². The number of nitrogen functional groups attached to an aromatic ring is 2. The maximum absolute atomic E-state index is 13.7. The molecule has 0 saturated heterocycles. The van der Waals surface area contributed by atoms with Crippen LogP contribution in [0.4, 0.5) is 16.0 Å². The van der Waals surface area contributed by atoms with Gasteiger partial charge in [-0.1, -0.05) is 6.07 Å². The number of halogens is 1. The number of nitrogens with two attached hydrogens (primary N) is 3. The molecule has 1 heterocycles. The maximum atomic E-state index is 13.7. The number of rotatable bonds is 3. The van der Waals surface area contributed by atoms with Crippen molar-refractivity contribution in [1.82, 2.24) is 9.97 Å². The Morgan fingerprint density at radius 1 is 1.11 bits per heavy atom. The van der Waals surface area contributed by atoms with Crippen LogP contribution in [0, 0.1) is 5.82 Å². The van der Waals surface area contributed by atoms with Crippen molar-refractivity contribution in [2.75, 3.05) is 11.5 Å². The highest BCUT2D eigenvalue weighted by Gasteiger charge is 2.08. The van der Waals surface area contributed by atoms with Crippen molar-refractivity contribution in [3.63, 3.8) is 0 Å². The van der Waals surface area contributed by atoms with E-state index in [1.807, 2.05) is 0 Å². The Bertz CT molecular complexity index is 555. The van der Waals surface area contributed by atoms with Gasteiger partial charge in [0, 0.05) is 12.6 Å². The molecule has 6 N–H and O–H groups in total. The minimum atomic E-state index is -0.368. The second-order valence-corrected chi connectivity index (χ2v) is 4.58. The monoisotopic (exact) mass is 265 g/mol. The maximum Gasteiger partial charge on any atom is 0.196 e. The molecule has 5 nitrogen and oxygen atoms in total. The van der Waals surface area contributed by atoms with Crippen LogP contribution < -0.4 is 17.2 Å². The zero-order chi connectivity index (χ0) is 13.1. The number of hydrogen-bond donors (Lipinski definition) is 3. The van der Waals surface area contributed by atoms with Gasteiger partial charge in [-0.3, -0.25) is 0 Å². The fourth-order valence-electron chi connectivity index (χ4n) is 1.36. The zero-order valence-electron chi connectivity index (χ0n) is 9.43. The Balaban J connectivity index is 2.28. The lowest BCUT2D eigenvalue weighted by molar-refractivity contribution is 0.599. The van der Waals surface area contributed by atoms with Crippen LogP contribution in [0.15, 0.2) is 34.3 Å². The van der Waals surface area contributed by atoms with Gasteiger partial charge in [-0.05, 0) is 29.5 Å². The van der Waals surface area contributed by atoms with Gasteiger partial charge >= 0.3 is 0 Å². The fraction of sp³-hybridized carbons (Fsp3) is 0.0909. The Kier molecular flexibility index (Phi) is 3.63. The van der Waals surface area contributed by atoms with Gasteiger partial charge in [-0.15, -0.1) is 0 Å². The van der Waals surface area contributed by atoms with Crippen molar-refractivity contribution in [2.45, 2.75) is 16.6 Å². The molecule has 94 valence electrons. The second-order valence-electron chi connectivity index (χ2n) is 3.57. The number of benzene rings is 1. The van der Waals surface area contributed by atoms with Crippen molar-refractivity contribution in [3.8, 4) is 0 Å². The van der Waals surface area contributed by atoms with E-state index in [1.165, 1.54) is 12.1 Å². The van der Waals surface area contributed by atoms with Crippen LogP contribution in [0.1, 0.15) is 5.56 Å². The molecule has 0 aliphatic rings. The van der Waals surface area contributed by atoms with E-state index < -0.39 is 0 Å². The van der Waals surface area contributed by atoms with Crippen LogP contribution in [0.25, 0.3) is 0 Å². The van der Waals surface area contributed by atoms with Crippen LogP contribution in [0.2, 0.25) is 0 Å². The third-order valence-corrected chi connectivity index (χ3v) is 3.09. The summed E-state index contributed by atoms with van der Waals surface area (Å²) >= 11 is 1.06. The Morgan fingerprint density at radius 3 is 2.33 bits per heavy atom. The molecule has 1 aromatic heterocycles. The summed E-state index contributed by atoms with van der Waals surface area (Å²) in [6.07, 6.45) is 0. The molecule has 0 spiro atoms. The van der Waals surface area contributed by atoms with Gasteiger partial charge in [0.15, 0.2) is 5.16 Å². The SMILES string of the molecule is NCc1ccc(Sc2nc(N)cc(N)n2)c(F)c1. The molecule has 2 rings (SSSR count). The third kappa shape index (κ3) is 2.88. The van der Waals surface area contributed by atoms with Gasteiger partial charge in [0.2, 0.25) is 0 Å². The molecule has 2 aromatic rings. The van der Waals surface area contributed by atoms with Gasteiger partial charge in [-0.2, -0.15) is 0 Å². The van der Waals surface area contributed by atoms with E-state index in [2.05, 4.69) is 9.97 Å². The van der Waals surface area contributed by atoms with Gasteiger partial charge in [0.05, 0.1) is 4.90 Å².